The predicted octanol–water partition coefficient (Wildman–Crippen LogP) is 3.62. The highest BCUT2D eigenvalue weighted by Gasteiger charge is 2.34. The molecule has 27 heavy (non-hydrogen) atoms. The van der Waals surface area contributed by atoms with Crippen molar-refractivity contribution in [3.05, 3.63) is 29.8 Å². The van der Waals surface area contributed by atoms with Crippen molar-refractivity contribution in [2.24, 2.45) is 0 Å². The highest BCUT2D eigenvalue weighted by Crippen LogP contribution is 2.22. The van der Waals surface area contributed by atoms with Crippen LogP contribution in [0.4, 0.5) is 0 Å². The summed E-state index contributed by atoms with van der Waals surface area (Å²) in [6.45, 7) is 2.17. The van der Waals surface area contributed by atoms with Gasteiger partial charge >= 0.3 is 11.9 Å². The predicted molar refractivity (Wildman–Crippen MR) is 101 cm³/mol. The molecule has 152 valence electrons. The number of para-hydroxylation sites is 1. The average Bonchev–Trinajstić information content (AvgIpc) is 2.59. The molecule has 0 radical (unpaired) electrons. The van der Waals surface area contributed by atoms with Crippen molar-refractivity contribution in [3.8, 4) is 5.75 Å². The lowest BCUT2D eigenvalue weighted by Gasteiger charge is -2.12. The number of carbonyl (C=O) groups excluding carboxylic acids is 1. The Morgan fingerprint density at radius 2 is 1.63 bits per heavy atom. The van der Waals surface area contributed by atoms with Gasteiger partial charge in [-0.25, -0.2) is 0 Å². The molecule has 0 aliphatic rings. The molecule has 0 bridgehead atoms. The molecule has 1 atom stereocenters. The van der Waals surface area contributed by atoms with Crippen molar-refractivity contribution >= 4 is 22.1 Å². The fourth-order valence-corrected chi connectivity index (χ4v) is 3.32. The third-order valence-corrected chi connectivity index (χ3v) is 5.32. The summed E-state index contributed by atoms with van der Waals surface area (Å²) in [7, 11) is -4.89. The Morgan fingerprint density at radius 1 is 1.04 bits per heavy atom. The van der Waals surface area contributed by atoms with Gasteiger partial charge < -0.3 is 9.84 Å². The second kappa shape index (κ2) is 11.7. The number of hydrogen-bond donors (Lipinski definition) is 2. The van der Waals surface area contributed by atoms with Crippen LogP contribution in [0.3, 0.4) is 0 Å². The van der Waals surface area contributed by atoms with E-state index in [1.54, 1.807) is 12.1 Å². The molecule has 0 aromatic heterocycles. The molecule has 0 saturated heterocycles. The normalized spacial score (nSPS) is 12.5. The van der Waals surface area contributed by atoms with E-state index < -0.39 is 33.7 Å². The quantitative estimate of drug-likeness (QED) is 0.225. The van der Waals surface area contributed by atoms with Crippen LogP contribution < -0.4 is 4.74 Å². The van der Waals surface area contributed by atoms with Gasteiger partial charge in [0.25, 0.3) is 10.1 Å². The zero-order valence-corrected chi connectivity index (χ0v) is 16.4. The first-order valence-electron chi connectivity index (χ1n) is 9.23. The maximum Gasteiger partial charge on any atom is 0.325 e. The molecule has 1 rings (SSSR count). The molecule has 7 nitrogen and oxygen atoms in total. The van der Waals surface area contributed by atoms with Crippen molar-refractivity contribution in [3.63, 3.8) is 0 Å². The zero-order chi connectivity index (χ0) is 20.3. The smallest absolute Gasteiger partial charge is 0.325 e. The number of carbonyl (C=O) groups is 2. The Balaban J connectivity index is 2.58. The summed E-state index contributed by atoms with van der Waals surface area (Å²) in [6.07, 6.45) is 7.80. The second-order valence-electron chi connectivity index (χ2n) is 6.50. The lowest BCUT2D eigenvalue weighted by molar-refractivity contribution is -0.141. The first kappa shape index (κ1) is 23.1. The van der Waals surface area contributed by atoms with Crippen LogP contribution in [0.25, 0.3) is 0 Å². The van der Waals surface area contributed by atoms with Gasteiger partial charge in [-0.3, -0.25) is 14.1 Å². The number of esters is 1. The van der Waals surface area contributed by atoms with Crippen LogP contribution in [-0.4, -0.2) is 35.3 Å². The van der Waals surface area contributed by atoms with Gasteiger partial charge in [0.15, 0.2) is 5.25 Å². The standard InChI is InChI=1S/C19H28O7S/c1-2-3-4-5-6-7-8-11-15-12-9-10-13-16(15)26-18(20)14-17(19(21)22)27(23,24)25/h9-10,12-13,17H,2-8,11,14H2,1H3,(H,21,22)(H,23,24,25). The van der Waals surface area contributed by atoms with Gasteiger partial charge in [0.05, 0.1) is 6.42 Å². The van der Waals surface area contributed by atoms with Gasteiger partial charge in [0.1, 0.15) is 5.75 Å². The Labute approximate surface area is 160 Å². The third-order valence-electron chi connectivity index (χ3n) is 4.23. The van der Waals surface area contributed by atoms with Gasteiger partial charge in [-0.1, -0.05) is 63.6 Å². The summed E-state index contributed by atoms with van der Waals surface area (Å²) in [4.78, 5) is 22.9. The van der Waals surface area contributed by atoms with E-state index in [0.717, 1.165) is 24.8 Å². The Hall–Kier alpha value is -1.93. The summed E-state index contributed by atoms with van der Waals surface area (Å²) in [5.41, 5.74) is 0.804. The number of unbranched alkanes of at least 4 members (excludes halogenated alkanes) is 6. The van der Waals surface area contributed by atoms with Crippen molar-refractivity contribution < 1.29 is 32.4 Å². The van der Waals surface area contributed by atoms with Gasteiger partial charge in [0.2, 0.25) is 0 Å². The van der Waals surface area contributed by atoms with E-state index in [0.29, 0.717) is 6.42 Å². The van der Waals surface area contributed by atoms with Crippen molar-refractivity contribution in [1.82, 2.24) is 0 Å². The second-order valence-corrected chi connectivity index (χ2v) is 8.10. The molecule has 0 amide bonds. The molecule has 2 N–H and O–H groups in total. The number of carboxylic acid groups (broad SMARTS) is 1. The van der Waals surface area contributed by atoms with E-state index in [1.807, 2.05) is 12.1 Å². The molecular formula is C19H28O7S. The average molecular weight is 400 g/mol. The molecule has 0 aliphatic carbocycles. The molecule has 0 heterocycles. The Morgan fingerprint density at radius 3 is 2.22 bits per heavy atom. The van der Waals surface area contributed by atoms with Crippen LogP contribution in [-0.2, 0) is 26.1 Å². The van der Waals surface area contributed by atoms with Crippen molar-refractivity contribution in [1.29, 1.82) is 0 Å². The minimum atomic E-state index is -4.89. The molecule has 0 fully saturated rings. The first-order chi connectivity index (χ1) is 12.8. The van der Waals surface area contributed by atoms with E-state index in [2.05, 4.69) is 6.92 Å². The zero-order valence-electron chi connectivity index (χ0n) is 15.6. The summed E-state index contributed by atoms with van der Waals surface area (Å²) in [6, 6.07) is 6.88. The number of hydrogen-bond acceptors (Lipinski definition) is 5. The number of aliphatic carboxylic acids is 1. The van der Waals surface area contributed by atoms with Gasteiger partial charge in [-0.15, -0.1) is 0 Å². The largest absolute Gasteiger partial charge is 0.480 e. The minimum absolute atomic E-state index is 0.285. The van der Waals surface area contributed by atoms with Gasteiger partial charge in [-0.05, 0) is 24.5 Å². The van der Waals surface area contributed by atoms with E-state index in [1.165, 1.54) is 25.7 Å². The van der Waals surface area contributed by atoms with Gasteiger partial charge in [0, 0.05) is 0 Å². The fourth-order valence-electron chi connectivity index (χ4n) is 2.72. The lowest BCUT2D eigenvalue weighted by atomic mass is 10.0. The molecule has 1 aromatic carbocycles. The van der Waals surface area contributed by atoms with E-state index >= 15 is 0 Å². The number of carboxylic acids is 1. The molecule has 1 aromatic rings. The van der Waals surface area contributed by atoms with Crippen LogP contribution in [0.5, 0.6) is 5.75 Å². The molecule has 0 saturated carbocycles. The summed E-state index contributed by atoms with van der Waals surface area (Å²) < 4.78 is 36.2. The minimum Gasteiger partial charge on any atom is -0.480 e. The maximum atomic E-state index is 11.9. The molecule has 8 heteroatoms. The van der Waals surface area contributed by atoms with Crippen LogP contribution in [0, 0.1) is 0 Å². The fraction of sp³-hybridized carbons (Fsp3) is 0.579. The highest BCUT2D eigenvalue weighted by atomic mass is 32.2. The molecule has 0 aliphatic heterocycles. The molecule has 1 unspecified atom stereocenters. The first-order valence-corrected chi connectivity index (χ1v) is 10.7. The SMILES string of the molecule is CCCCCCCCCc1ccccc1OC(=O)CC(C(=O)O)S(=O)(=O)O. The van der Waals surface area contributed by atoms with Crippen LogP contribution >= 0.6 is 0 Å². The number of benzene rings is 1. The van der Waals surface area contributed by atoms with Crippen LogP contribution in [0.15, 0.2) is 24.3 Å². The summed E-state index contributed by atoms with van der Waals surface area (Å²) >= 11 is 0. The Bertz CT molecular complexity index is 713. The van der Waals surface area contributed by atoms with E-state index in [-0.39, 0.29) is 5.75 Å². The number of ether oxygens (including phenoxy) is 1. The lowest BCUT2D eigenvalue weighted by Crippen LogP contribution is -2.33. The number of aryl methyl sites for hydroxylation is 1. The highest BCUT2D eigenvalue weighted by molar-refractivity contribution is 7.87. The summed E-state index contributed by atoms with van der Waals surface area (Å²) in [5, 5.41) is 6.62. The van der Waals surface area contributed by atoms with Crippen LogP contribution in [0.2, 0.25) is 0 Å². The summed E-state index contributed by atoms with van der Waals surface area (Å²) in [5.74, 6) is -2.54. The molecule has 0 spiro atoms. The topological polar surface area (TPSA) is 118 Å². The number of rotatable bonds is 13. The van der Waals surface area contributed by atoms with E-state index in [4.69, 9.17) is 14.4 Å². The molecular weight excluding hydrogens is 372 g/mol. The third kappa shape index (κ3) is 9.01. The van der Waals surface area contributed by atoms with Crippen molar-refractivity contribution in [2.45, 2.75) is 70.0 Å². The monoisotopic (exact) mass is 400 g/mol. The van der Waals surface area contributed by atoms with E-state index in [9.17, 15) is 18.0 Å². The van der Waals surface area contributed by atoms with Crippen LogP contribution in [0.1, 0.15) is 63.9 Å². The maximum absolute atomic E-state index is 11.9. The Kier molecular flexibility index (Phi) is 10.0. The van der Waals surface area contributed by atoms with Crippen molar-refractivity contribution in [2.75, 3.05) is 0 Å². The van der Waals surface area contributed by atoms with Gasteiger partial charge in [-0.2, -0.15) is 8.42 Å².